The van der Waals surface area contributed by atoms with Crippen LogP contribution in [0.3, 0.4) is 0 Å². The Kier molecular flexibility index (Phi) is 6.08. The maximum absolute atomic E-state index is 12.0. The minimum atomic E-state index is -1.20. The quantitative estimate of drug-likeness (QED) is 0.419. The summed E-state index contributed by atoms with van der Waals surface area (Å²) >= 11 is 0. The third-order valence-electron chi connectivity index (χ3n) is 5.19. The summed E-state index contributed by atoms with van der Waals surface area (Å²) < 4.78 is 12.6. The van der Waals surface area contributed by atoms with Crippen LogP contribution in [-0.4, -0.2) is 72.8 Å². The van der Waals surface area contributed by atoms with E-state index in [4.69, 9.17) is 20.9 Å². The molecule has 3 heterocycles. The van der Waals surface area contributed by atoms with Crippen LogP contribution in [-0.2, 0) is 20.8 Å². The summed E-state index contributed by atoms with van der Waals surface area (Å²) in [5.41, 5.74) is 12.5. The Bertz CT molecular complexity index is 829. The smallest absolute Gasteiger partial charge is 0.323 e. The third-order valence-corrected chi connectivity index (χ3v) is 5.19. The van der Waals surface area contributed by atoms with E-state index in [0.717, 1.165) is 6.42 Å². The lowest BCUT2D eigenvalue weighted by molar-refractivity contribution is -0.152. The standard InChI is InChI=1S/C17H26N6O5/c1-3-8(2)11(18)17(26)27-5-10-14(25)13(24)9(28-10)4-23-7-22-12-15(19)20-6-21-16(12)23/h6-11,13-14,24-25H,3-5,18H2,1-2H3,(H2,19,20,21)/t8-,9-,10+,11-,13-,14+/m0/s1. The van der Waals surface area contributed by atoms with Crippen LogP contribution in [0.25, 0.3) is 11.2 Å². The summed E-state index contributed by atoms with van der Waals surface area (Å²) in [6.07, 6.45) is -0.392. The van der Waals surface area contributed by atoms with E-state index in [-0.39, 0.29) is 24.9 Å². The van der Waals surface area contributed by atoms with Gasteiger partial charge in [0.25, 0.3) is 0 Å². The average Bonchev–Trinajstić information content (AvgIpc) is 3.22. The molecule has 2 aromatic heterocycles. The van der Waals surface area contributed by atoms with E-state index in [0.29, 0.717) is 11.2 Å². The van der Waals surface area contributed by atoms with Crippen molar-refractivity contribution in [2.24, 2.45) is 11.7 Å². The highest BCUT2D eigenvalue weighted by Crippen LogP contribution is 2.25. The zero-order valence-electron chi connectivity index (χ0n) is 15.8. The SMILES string of the molecule is CC[C@H](C)[C@H](N)C(=O)OC[C@H]1O[C@@H](Cn2cnc3c(N)ncnc32)[C@H](O)[C@@H]1O. The molecule has 6 atom stereocenters. The Morgan fingerprint density at radius 1 is 1.32 bits per heavy atom. The zero-order chi connectivity index (χ0) is 20.4. The molecular formula is C17H26N6O5. The number of carbonyl (C=O) groups excluding carboxylic acids is 1. The molecule has 2 aromatic rings. The predicted molar refractivity (Wildman–Crippen MR) is 98.8 cm³/mol. The highest BCUT2D eigenvalue weighted by molar-refractivity contribution is 5.81. The van der Waals surface area contributed by atoms with Crippen molar-refractivity contribution in [1.29, 1.82) is 0 Å². The maximum Gasteiger partial charge on any atom is 0.323 e. The van der Waals surface area contributed by atoms with Crippen molar-refractivity contribution in [2.45, 2.75) is 57.3 Å². The summed E-state index contributed by atoms with van der Waals surface area (Å²) in [4.78, 5) is 24.2. The van der Waals surface area contributed by atoms with E-state index in [1.165, 1.54) is 12.7 Å². The van der Waals surface area contributed by atoms with E-state index in [9.17, 15) is 15.0 Å². The van der Waals surface area contributed by atoms with Gasteiger partial charge >= 0.3 is 5.97 Å². The second-order valence-corrected chi connectivity index (χ2v) is 7.06. The molecule has 0 aromatic carbocycles. The molecule has 1 aliphatic rings. The third kappa shape index (κ3) is 3.92. The molecule has 0 amide bonds. The Morgan fingerprint density at radius 2 is 2.04 bits per heavy atom. The molecule has 154 valence electrons. The minimum Gasteiger partial charge on any atom is -0.462 e. The number of nitrogen functional groups attached to an aromatic ring is 1. The first-order valence-electron chi connectivity index (χ1n) is 9.18. The summed E-state index contributed by atoms with van der Waals surface area (Å²) in [6, 6.07) is -0.744. The highest BCUT2D eigenvalue weighted by atomic mass is 16.6. The van der Waals surface area contributed by atoms with E-state index < -0.39 is 36.4 Å². The second kappa shape index (κ2) is 8.35. The van der Waals surface area contributed by atoms with Gasteiger partial charge in [-0.1, -0.05) is 20.3 Å². The molecule has 1 saturated heterocycles. The molecule has 1 fully saturated rings. The van der Waals surface area contributed by atoms with Crippen LogP contribution in [0.15, 0.2) is 12.7 Å². The normalized spacial score (nSPS) is 27.0. The molecule has 6 N–H and O–H groups in total. The molecule has 0 spiro atoms. The van der Waals surface area contributed by atoms with Gasteiger partial charge in [0.2, 0.25) is 0 Å². The van der Waals surface area contributed by atoms with Gasteiger partial charge in [-0.25, -0.2) is 15.0 Å². The second-order valence-electron chi connectivity index (χ2n) is 7.06. The Hall–Kier alpha value is -2.34. The number of nitrogens with zero attached hydrogens (tertiary/aromatic N) is 4. The van der Waals surface area contributed by atoms with Gasteiger partial charge in [-0.3, -0.25) is 4.79 Å². The van der Waals surface area contributed by atoms with Crippen LogP contribution in [0.1, 0.15) is 20.3 Å². The van der Waals surface area contributed by atoms with Crippen LogP contribution in [0.5, 0.6) is 0 Å². The fourth-order valence-corrected chi connectivity index (χ4v) is 3.09. The number of ether oxygens (including phenoxy) is 2. The first kappa shape index (κ1) is 20.4. The molecule has 11 nitrogen and oxygen atoms in total. The van der Waals surface area contributed by atoms with Gasteiger partial charge < -0.3 is 35.7 Å². The van der Waals surface area contributed by atoms with Gasteiger partial charge in [0.1, 0.15) is 48.9 Å². The number of aliphatic hydroxyl groups excluding tert-OH is 2. The van der Waals surface area contributed by atoms with Gasteiger partial charge in [-0.15, -0.1) is 0 Å². The molecule has 0 aliphatic carbocycles. The van der Waals surface area contributed by atoms with Crippen LogP contribution in [0.2, 0.25) is 0 Å². The van der Waals surface area contributed by atoms with E-state index in [2.05, 4.69) is 15.0 Å². The fourth-order valence-electron chi connectivity index (χ4n) is 3.09. The number of esters is 1. The molecule has 1 aliphatic heterocycles. The van der Waals surface area contributed by atoms with Crippen LogP contribution in [0, 0.1) is 5.92 Å². The van der Waals surface area contributed by atoms with Gasteiger partial charge in [-0.2, -0.15) is 0 Å². The van der Waals surface area contributed by atoms with Crippen molar-refractivity contribution in [3.8, 4) is 0 Å². The number of hydrogen-bond donors (Lipinski definition) is 4. The number of anilines is 1. The Balaban J connectivity index is 1.62. The maximum atomic E-state index is 12.0. The topological polar surface area (TPSA) is 172 Å². The van der Waals surface area contributed by atoms with Crippen molar-refractivity contribution < 1.29 is 24.5 Å². The Labute approximate surface area is 161 Å². The van der Waals surface area contributed by atoms with Gasteiger partial charge in [-0.05, 0) is 5.92 Å². The number of aromatic nitrogens is 4. The molecule has 3 rings (SSSR count). The summed E-state index contributed by atoms with van der Waals surface area (Å²) in [7, 11) is 0. The van der Waals surface area contributed by atoms with Crippen LogP contribution in [0.4, 0.5) is 5.82 Å². The molecule has 0 bridgehead atoms. The number of imidazole rings is 1. The van der Waals surface area contributed by atoms with E-state index in [1.807, 2.05) is 13.8 Å². The minimum absolute atomic E-state index is 0.0239. The Morgan fingerprint density at radius 3 is 2.75 bits per heavy atom. The van der Waals surface area contributed by atoms with Crippen molar-refractivity contribution in [3.63, 3.8) is 0 Å². The summed E-state index contributed by atoms with van der Waals surface area (Å²) in [5, 5.41) is 20.6. The van der Waals surface area contributed by atoms with Gasteiger partial charge in [0.15, 0.2) is 11.5 Å². The van der Waals surface area contributed by atoms with Crippen molar-refractivity contribution in [1.82, 2.24) is 19.5 Å². The van der Waals surface area contributed by atoms with Crippen molar-refractivity contribution in [2.75, 3.05) is 12.3 Å². The number of hydrogen-bond acceptors (Lipinski definition) is 10. The zero-order valence-corrected chi connectivity index (χ0v) is 15.8. The van der Waals surface area contributed by atoms with E-state index in [1.54, 1.807) is 4.57 Å². The van der Waals surface area contributed by atoms with Crippen molar-refractivity contribution >= 4 is 23.0 Å². The molecular weight excluding hydrogens is 368 g/mol. The first-order valence-corrected chi connectivity index (χ1v) is 9.18. The monoisotopic (exact) mass is 394 g/mol. The molecule has 0 unspecified atom stereocenters. The number of nitrogens with two attached hydrogens (primary N) is 2. The summed E-state index contributed by atoms with van der Waals surface area (Å²) in [6.45, 7) is 3.78. The predicted octanol–water partition coefficient (Wildman–Crippen LogP) is -1.19. The fraction of sp³-hybridized carbons (Fsp3) is 0.647. The molecule has 0 radical (unpaired) electrons. The molecule has 0 saturated carbocycles. The molecule has 11 heteroatoms. The number of rotatable bonds is 7. The highest BCUT2D eigenvalue weighted by Gasteiger charge is 2.43. The lowest BCUT2D eigenvalue weighted by Crippen LogP contribution is -2.41. The molecule has 28 heavy (non-hydrogen) atoms. The first-order chi connectivity index (χ1) is 13.3. The largest absolute Gasteiger partial charge is 0.462 e. The van der Waals surface area contributed by atoms with Gasteiger partial charge in [0.05, 0.1) is 12.9 Å². The van der Waals surface area contributed by atoms with Crippen LogP contribution < -0.4 is 11.5 Å². The lowest BCUT2D eigenvalue weighted by Gasteiger charge is -2.19. The van der Waals surface area contributed by atoms with E-state index >= 15 is 0 Å². The van der Waals surface area contributed by atoms with Crippen LogP contribution >= 0.6 is 0 Å². The summed E-state index contributed by atoms with van der Waals surface area (Å²) in [5.74, 6) is -0.334. The van der Waals surface area contributed by atoms with Gasteiger partial charge in [0, 0.05) is 0 Å². The number of fused-ring (bicyclic) bond motifs is 1. The van der Waals surface area contributed by atoms with Crippen molar-refractivity contribution in [3.05, 3.63) is 12.7 Å². The number of carbonyl (C=O) groups is 1. The lowest BCUT2D eigenvalue weighted by atomic mass is 10.0. The average molecular weight is 394 g/mol. The number of aliphatic hydroxyl groups is 2.